The predicted molar refractivity (Wildman–Crippen MR) is 152 cm³/mol. The number of amides is 1. The highest BCUT2D eigenvalue weighted by atomic mass is 16.2. The number of benzene rings is 2. The Morgan fingerprint density at radius 3 is 2.39 bits per heavy atom. The molecular formula is C31H40N6O. The summed E-state index contributed by atoms with van der Waals surface area (Å²) < 4.78 is 0. The summed E-state index contributed by atoms with van der Waals surface area (Å²) in [5, 5.41) is 7.74. The fraction of sp³-hybridized carbons (Fsp3) is 0.516. The van der Waals surface area contributed by atoms with Crippen molar-refractivity contribution < 1.29 is 4.79 Å². The van der Waals surface area contributed by atoms with Crippen LogP contribution in [0.2, 0.25) is 0 Å². The zero-order valence-corrected chi connectivity index (χ0v) is 22.6. The number of piperazine rings is 1. The molecule has 1 unspecified atom stereocenters. The van der Waals surface area contributed by atoms with Gasteiger partial charge in [0, 0.05) is 43.6 Å². The van der Waals surface area contributed by atoms with Gasteiger partial charge >= 0.3 is 0 Å². The van der Waals surface area contributed by atoms with E-state index in [9.17, 15) is 4.79 Å². The molecular weight excluding hydrogens is 472 g/mol. The number of hydrogen-bond donors (Lipinski definition) is 2. The van der Waals surface area contributed by atoms with Crippen LogP contribution in [-0.2, 0) is 11.3 Å². The molecule has 2 aromatic carbocycles. The molecule has 7 nitrogen and oxygen atoms in total. The number of anilines is 1. The average Bonchev–Trinajstić information content (AvgIpc) is 2.97. The lowest BCUT2D eigenvalue weighted by Crippen LogP contribution is -2.59. The smallest absolute Gasteiger partial charge is 0.242 e. The number of rotatable bonds is 3. The third kappa shape index (κ3) is 5.27. The van der Waals surface area contributed by atoms with Gasteiger partial charge in [-0.25, -0.2) is 9.97 Å². The first-order chi connectivity index (χ1) is 18.5. The molecule has 3 heterocycles. The normalized spacial score (nSPS) is 27.3. The molecule has 2 N–H and O–H groups in total. The Labute approximate surface area is 226 Å². The van der Waals surface area contributed by atoms with Crippen LogP contribution < -0.4 is 10.6 Å². The molecule has 2 atom stereocenters. The summed E-state index contributed by atoms with van der Waals surface area (Å²) in [6.45, 7) is 8.50. The summed E-state index contributed by atoms with van der Waals surface area (Å²) in [6.07, 6.45) is 5.00. The van der Waals surface area contributed by atoms with Crippen LogP contribution in [0.15, 0.2) is 54.6 Å². The summed E-state index contributed by atoms with van der Waals surface area (Å²) in [5.74, 6) is 2.44. The first-order valence-corrected chi connectivity index (χ1v) is 14.4. The van der Waals surface area contributed by atoms with Crippen LogP contribution in [0.5, 0.6) is 0 Å². The quantitative estimate of drug-likeness (QED) is 0.542. The standard InChI is InChI=1S/C31H40N6O/c1-21(2)29-31(38)32-18-25-19-36(24-14-12-23(13-15-24)22-8-4-3-5-9-22)16-17-37(25)20-28-33-27-11-7-6-10-26(27)30(34-28)35-29/h3-11,21,23-25,29H,12-20H2,1-2H3,(H,32,38)(H,33,34,35)/t23?,24?,25?,29-/m0/s1. The van der Waals surface area contributed by atoms with Gasteiger partial charge in [0.15, 0.2) is 0 Å². The lowest BCUT2D eigenvalue weighted by molar-refractivity contribution is -0.123. The molecule has 2 bridgehead atoms. The fourth-order valence-corrected chi connectivity index (χ4v) is 6.65. The average molecular weight is 513 g/mol. The summed E-state index contributed by atoms with van der Waals surface area (Å²) in [6, 6.07) is 19.6. The van der Waals surface area contributed by atoms with Crippen LogP contribution in [0.3, 0.4) is 0 Å². The minimum Gasteiger partial charge on any atom is -0.358 e. The fourth-order valence-electron chi connectivity index (χ4n) is 6.65. The van der Waals surface area contributed by atoms with Crippen molar-refractivity contribution in [3.05, 3.63) is 66.0 Å². The largest absolute Gasteiger partial charge is 0.358 e. The number of carbonyl (C=O) groups is 1. The molecule has 2 aliphatic heterocycles. The van der Waals surface area contributed by atoms with Crippen LogP contribution in [0, 0.1) is 5.92 Å². The molecule has 200 valence electrons. The second-order valence-corrected chi connectivity index (χ2v) is 11.7. The van der Waals surface area contributed by atoms with Crippen LogP contribution >= 0.6 is 0 Å². The molecule has 1 saturated heterocycles. The van der Waals surface area contributed by atoms with Crippen molar-refractivity contribution in [1.29, 1.82) is 0 Å². The zero-order chi connectivity index (χ0) is 26.1. The highest BCUT2D eigenvalue weighted by Gasteiger charge is 2.35. The minimum atomic E-state index is -0.347. The third-order valence-electron chi connectivity index (χ3n) is 8.87. The van der Waals surface area contributed by atoms with E-state index in [0.29, 0.717) is 25.0 Å². The summed E-state index contributed by atoms with van der Waals surface area (Å²) in [7, 11) is 0. The van der Waals surface area contributed by atoms with Gasteiger partial charge in [-0.05, 0) is 55.2 Å². The van der Waals surface area contributed by atoms with Crippen molar-refractivity contribution in [1.82, 2.24) is 25.1 Å². The van der Waals surface area contributed by atoms with Gasteiger partial charge in [-0.3, -0.25) is 14.6 Å². The van der Waals surface area contributed by atoms with Crippen molar-refractivity contribution in [2.75, 3.05) is 31.5 Å². The molecule has 0 spiro atoms. The molecule has 1 aromatic heterocycles. The van der Waals surface area contributed by atoms with Gasteiger partial charge < -0.3 is 10.6 Å². The van der Waals surface area contributed by atoms with Gasteiger partial charge in [-0.1, -0.05) is 56.3 Å². The van der Waals surface area contributed by atoms with Gasteiger partial charge in [-0.2, -0.15) is 0 Å². The van der Waals surface area contributed by atoms with Crippen LogP contribution in [0.4, 0.5) is 5.82 Å². The molecule has 1 amide bonds. The molecule has 1 saturated carbocycles. The number of nitrogens with zero attached hydrogens (tertiary/aromatic N) is 4. The summed E-state index contributed by atoms with van der Waals surface area (Å²) in [4.78, 5) is 28.4. The van der Waals surface area contributed by atoms with E-state index in [4.69, 9.17) is 9.97 Å². The highest BCUT2D eigenvalue weighted by molar-refractivity contribution is 5.92. The topological polar surface area (TPSA) is 73.4 Å². The van der Waals surface area contributed by atoms with Crippen LogP contribution in [-0.4, -0.2) is 70.0 Å². The molecule has 1 aliphatic carbocycles. The monoisotopic (exact) mass is 512 g/mol. The molecule has 3 aromatic rings. The van der Waals surface area contributed by atoms with E-state index in [2.05, 4.69) is 64.6 Å². The highest BCUT2D eigenvalue weighted by Crippen LogP contribution is 2.35. The van der Waals surface area contributed by atoms with Gasteiger partial charge in [0.1, 0.15) is 17.7 Å². The SMILES string of the molecule is CC(C)[C@@H]1Nc2nc(nc3ccccc23)CN2CCN(C3CCC(c4ccccc4)CC3)CC2CNC1=O. The van der Waals surface area contributed by atoms with E-state index in [-0.39, 0.29) is 23.9 Å². The first-order valence-electron chi connectivity index (χ1n) is 14.4. The number of nitrogens with one attached hydrogen (secondary N) is 2. The second kappa shape index (κ2) is 11.0. The zero-order valence-electron chi connectivity index (χ0n) is 22.6. The molecule has 3 aliphatic rings. The van der Waals surface area contributed by atoms with Crippen LogP contribution in [0.25, 0.3) is 10.9 Å². The second-order valence-electron chi connectivity index (χ2n) is 11.7. The van der Waals surface area contributed by atoms with Gasteiger partial charge in [0.05, 0.1) is 12.1 Å². The molecule has 0 radical (unpaired) electrons. The van der Waals surface area contributed by atoms with Gasteiger partial charge in [0.2, 0.25) is 5.91 Å². The number of aromatic nitrogens is 2. The van der Waals surface area contributed by atoms with E-state index in [1.54, 1.807) is 0 Å². The number of fused-ring (bicyclic) bond motifs is 5. The number of carbonyl (C=O) groups excluding carboxylic acids is 1. The molecule has 38 heavy (non-hydrogen) atoms. The van der Waals surface area contributed by atoms with Crippen molar-refractivity contribution in [3.63, 3.8) is 0 Å². The number of para-hydroxylation sites is 1. The third-order valence-corrected chi connectivity index (χ3v) is 8.87. The molecule has 2 fully saturated rings. The Hall–Kier alpha value is -3.03. The Morgan fingerprint density at radius 1 is 0.868 bits per heavy atom. The number of hydrogen-bond acceptors (Lipinski definition) is 6. The minimum absolute atomic E-state index is 0.0478. The van der Waals surface area contributed by atoms with E-state index < -0.39 is 0 Å². The summed E-state index contributed by atoms with van der Waals surface area (Å²) in [5.41, 5.74) is 2.41. The predicted octanol–water partition coefficient (Wildman–Crippen LogP) is 4.41. The Bertz CT molecular complexity index is 1260. The Kier molecular flexibility index (Phi) is 7.30. The molecule has 6 rings (SSSR count). The van der Waals surface area contributed by atoms with Crippen molar-refractivity contribution in [2.45, 2.75) is 70.1 Å². The van der Waals surface area contributed by atoms with E-state index in [1.165, 1.54) is 31.2 Å². The Morgan fingerprint density at radius 2 is 1.61 bits per heavy atom. The van der Waals surface area contributed by atoms with Crippen molar-refractivity contribution >= 4 is 22.6 Å². The maximum atomic E-state index is 13.4. The van der Waals surface area contributed by atoms with E-state index >= 15 is 0 Å². The van der Waals surface area contributed by atoms with Crippen LogP contribution in [0.1, 0.15) is 56.8 Å². The maximum Gasteiger partial charge on any atom is 0.242 e. The summed E-state index contributed by atoms with van der Waals surface area (Å²) >= 11 is 0. The van der Waals surface area contributed by atoms with Gasteiger partial charge in [0.25, 0.3) is 0 Å². The maximum absolute atomic E-state index is 13.4. The molecule has 7 heteroatoms. The first kappa shape index (κ1) is 25.3. The van der Waals surface area contributed by atoms with Gasteiger partial charge in [-0.15, -0.1) is 0 Å². The lowest BCUT2D eigenvalue weighted by atomic mass is 9.81. The lowest BCUT2D eigenvalue weighted by Gasteiger charge is -2.46. The Balaban J connectivity index is 1.21. The van der Waals surface area contributed by atoms with Crippen molar-refractivity contribution in [3.8, 4) is 0 Å². The van der Waals surface area contributed by atoms with E-state index in [1.807, 2.05) is 24.3 Å². The van der Waals surface area contributed by atoms with E-state index in [0.717, 1.165) is 42.2 Å². The van der Waals surface area contributed by atoms with Crippen molar-refractivity contribution in [2.24, 2.45) is 5.92 Å².